The fourth-order valence-corrected chi connectivity index (χ4v) is 2.07. The molecule has 124 valence electrons. The molecule has 4 N–H and O–H groups in total. The van der Waals surface area contributed by atoms with Crippen molar-refractivity contribution in [2.24, 2.45) is 5.73 Å². The number of carbonyl (C=O) groups excluding carboxylic acids is 2. The lowest BCUT2D eigenvalue weighted by atomic mass is 10.1. The number of nitrogens with two attached hydrogens (primary N) is 1. The van der Waals surface area contributed by atoms with E-state index in [9.17, 15) is 9.59 Å². The Kier molecular flexibility index (Phi) is 5.87. The minimum absolute atomic E-state index is 0.0884. The molecule has 2 amide bonds. The standard InChI is InChI=1S/C19H21N3O2/c1-13-3-6-15(7-4-13)8-10-18(23)22-17-11-16(9-5-14(17)2)21-19(24)12-20/h3-11H,12,20H2,1-2H3,(H,21,24)(H,22,23)/b10-8+. The van der Waals surface area contributed by atoms with Gasteiger partial charge in [-0.1, -0.05) is 35.9 Å². The van der Waals surface area contributed by atoms with E-state index in [2.05, 4.69) is 10.6 Å². The van der Waals surface area contributed by atoms with E-state index in [1.54, 1.807) is 18.2 Å². The van der Waals surface area contributed by atoms with Gasteiger partial charge in [0.25, 0.3) is 0 Å². The SMILES string of the molecule is Cc1ccc(/C=C/C(=O)Nc2cc(NC(=O)CN)ccc2C)cc1. The number of hydrogen-bond acceptors (Lipinski definition) is 3. The number of nitrogens with one attached hydrogen (secondary N) is 2. The van der Waals surface area contributed by atoms with Gasteiger partial charge in [-0.25, -0.2) is 0 Å². The van der Waals surface area contributed by atoms with Gasteiger partial charge in [-0.3, -0.25) is 9.59 Å². The molecule has 2 aromatic rings. The van der Waals surface area contributed by atoms with Gasteiger partial charge in [0.1, 0.15) is 0 Å². The first-order valence-corrected chi connectivity index (χ1v) is 7.64. The lowest BCUT2D eigenvalue weighted by Gasteiger charge is -2.10. The number of aryl methyl sites for hydroxylation is 2. The molecule has 0 heterocycles. The number of anilines is 2. The predicted molar refractivity (Wildman–Crippen MR) is 97.7 cm³/mol. The van der Waals surface area contributed by atoms with Gasteiger partial charge in [0.05, 0.1) is 6.54 Å². The highest BCUT2D eigenvalue weighted by molar-refractivity contribution is 6.03. The molecule has 0 saturated carbocycles. The van der Waals surface area contributed by atoms with Crippen LogP contribution in [0.1, 0.15) is 16.7 Å². The smallest absolute Gasteiger partial charge is 0.248 e. The summed E-state index contributed by atoms with van der Waals surface area (Å²) in [5, 5.41) is 5.48. The lowest BCUT2D eigenvalue weighted by molar-refractivity contribution is -0.115. The largest absolute Gasteiger partial charge is 0.325 e. The Labute approximate surface area is 141 Å². The predicted octanol–water partition coefficient (Wildman–Crippen LogP) is 2.85. The Bertz CT molecular complexity index is 765. The van der Waals surface area contributed by atoms with Crippen molar-refractivity contribution >= 4 is 29.3 Å². The molecule has 0 saturated heterocycles. The third-order valence-electron chi connectivity index (χ3n) is 3.47. The van der Waals surface area contributed by atoms with E-state index in [1.807, 2.05) is 44.2 Å². The van der Waals surface area contributed by atoms with Gasteiger partial charge in [0.2, 0.25) is 11.8 Å². The molecule has 2 rings (SSSR count). The summed E-state index contributed by atoms with van der Waals surface area (Å²) in [5.41, 5.74) is 9.54. The van der Waals surface area contributed by atoms with Crippen molar-refractivity contribution in [3.63, 3.8) is 0 Å². The van der Waals surface area contributed by atoms with Crippen LogP contribution in [0.2, 0.25) is 0 Å². The normalized spacial score (nSPS) is 10.6. The van der Waals surface area contributed by atoms with Gasteiger partial charge in [0, 0.05) is 17.5 Å². The maximum absolute atomic E-state index is 12.1. The average Bonchev–Trinajstić information content (AvgIpc) is 2.57. The highest BCUT2D eigenvalue weighted by Crippen LogP contribution is 2.20. The first-order valence-electron chi connectivity index (χ1n) is 7.64. The summed E-state index contributed by atoms with van der Waals surface area (Å²) in [6.07, 6.45) is 3.24. The monoisotopic (exact) mass is 323 g/mol. The van der Waals surface area contributed by atoms with E-state index in [-0.39, 0.29) is 18.4 Å². The molecular formula is C19H21N3O2. The second-order valence-corrected chi connectivity index (χ2v) is 5.52. The molecule has 0 radical (unpaired) electrons. The maximum atomic E-state index is 12.1. The Morgan fingerprint density at radius 3 is 2.42 bits per heavy atom. The molecule has 5 heteroatoms. The first-order chi connectivity index (χ1) is 11.5. The van der Waals surface area contributed by atoms with Crippen LogP contribution in [0.15, 0.2) is 48.5 Å². The van der Waals surface area contributed by atoms with Crippen LogP contribution < -0.4 is 16.4 Å². The summed E-state index contributed by atoms with van der Waals surface area (Å²) >= 11 is 0. The summed E-state index contributed by atoms with van der Waals surface area (Å²) in [6.45, 7) is 3.81. The molecule has 0 aromatic heterocycles. The number of rotatable bonds is 5. The molecule has 0 spiro atoms. The molecule has 0 unspecified atom stereocenters. The van der Waals surface area contributed by atoms with Crippen LogP contribution in [0, 0.1) is 13.8 Å². The molecule has 5 nitrogen and oxygen atoms in total. The number of carbonyl (C=O) groups is 2. The van der Waals surface area contributed by atoms with Crippen molar-refractivity contribution in [3.8, 4) is 0 Å². The van der Waals surface area contributed by atoms with Crippen molar-refractivity contribution in [1.82, 2.24) is 0 Å². The zero-order chi connectivity index (χ0) is 17.5. The van der Waals surface area contributed by atoms with E-state index in [4.69, 9.17) is 5.73 Å². The molecular weight excluding hydrogens is 302 g/mol. The topological polar surface area (TPSA) is 84.2 Å². The van der Waals surface area contributed by atoms with Crippen LogP contribution in [0.5, 0.6) is 0 Å². The number of benzene rings is 2. The van der Waals surface area contributed by atoms with Gasteiger partial charge < -0.3 is 16.4 Å². The van der Waals surface area contributed by atoms with Gasteiger partial charge in [-0.05, 0) is 43.2 Å². The molecule has 24 heavy (non-hydrogen) atoms. The van der Waals surface area contributed by atoms with Gasteiger partial charge >= 0.3 is 0 Å². The second kappa shape index (κ2) is 8.08. The first kappa shape index (κ1) is 17.4. The maximum Gasteiger partial charge on any atom is 0.248 e. The Morgan fingerprint density at radius 2 is 1.75 bits per heavy atom. The van der Waals surface area contributed by atoms with Crippen LogP contribution in [0.4, 0.5) is 11.4 Å². The number of amides is 2. The van der Waals surface area contributed by atoms with Crippen molar-refractivity contribution in [1.29, 1.82) is 0 Å². The van der Waals surface area contributed by atoms with Gasteiger partial charge in [-0.15, -0.1) is 0 Å². The summed E-state index contributed by atoms with van der Waals surface area (Å²) in [7, 11) is 0. The minimum Gasteiger partial charge on any atom is -0.325 e. The van der Waals surface area contributed by atoms with Gasteiger partial charge in [-0.2, -0.15) is 0 Å². The highest BCUT2D eigenvalue weighted by atomic mass is 16.2. The van der Waals surface area contributed by atoms with Crippen molar-refractivity contribution < 1.29 is 9.59 Å². The summed E-state index contributed by atoms with van der Waals surface area (Å²) in [6, 6.07) is 13.2. The van der Waals surface area contributed by atoms with Gasteiger partial charge in [0.15, 0.2) is 0 Å². The average molecular weight is 323 g/mol. The Hall–Kier alpha value is -2.92. The minimum atomic E-state index is -0.282. The zero-order valence-electron chi connectivity index (χ0n) is 13.8. The third-order valence-corrected chi connectivity index (χ3v) is 3.47. The Morgan fingerprint density at radius 1 is 1.04 bits per heavy atom. The summed E-state index contributed by atoms with van der Waals surface area (Å²) in [5.74, 6) is -0.517. The number of hydrogen-bond donors (Lipinski definition) is 3. The van der Waals surface area contributed by atoms with Crippen LogP contribution in [-0.4, -0.2) is 18.4 Å². The third kappa shape index (κ3) is 5.07. The highest BCUT2D eigenvalue weighted by Gasteiger charge is 2.05. The van der Waals surface area contributed by atoms with Crippen molar-refractivity contribution in [2.45, 2.75) is 13.8 Å². The fourth-order valence-electron chi connectivity index (χ4n) is 2.07. The second-order valence-electron chi connectivity index (χ2n) is 5.52. The van der Waals surface area contributed by atoms with Crippen molar-refractivity contribution in [2.75, 3.05) is 17.2 Å². The van der Waals surface area contributed by atoms with Crippen LogP contribution in [0.25, 0.3) is 6.08 Å². The quantitative estimate of drug-likeness (QED) is 0.740. The molecule has 0 bridgehead atoms. The van der Waals surface area contributed by atoms with Crippen molar-refractivity contribution in [3.05, 3.63) is 65.2 Å². The van der Waals surface area contributed by atoms with E-state index in [1.165, 1.54) is 11.6 Å². The molecule has 0 aliphatic carbocycles. The Balaban J connectivity index is 2.06. The molecule has 0 aliphatic rings. The fraction of sp³-hybridized carbons (Fsp3) is 0.158. The molecule has 0 fully saturated rings. The van der Waals surface area contributed by atoms with E-state index >= 15 is 0 Å². The van der Waals surface area contributed by atoms with E-state index in [0.29, 0.717) is 11.4 Å². The molecule has 2 aromatic carbocycles. The van der Waals surface area contributed by atoms with E-state index in [0.717, 1.165) is 11.1 Å². The van der Waals surface area contributed by atoms with Crippen LogP contribution in [-0.2, 0) is 9.59 Å². The zero-order valence-corrected chi connectivity index (χ0v) is 13.8. The lowest BCUT2D eigenvalue weighted by Crippen LogP contribution is -2.22. The van der Waals surface area contributed by atoms with Crippen LogP contribution >= 0.6 is 0 Å². The summed E-state index contributed by atoms with van der Waals surface area (Å²) < 4.78 is 0. The molecule has 0 atom stereocenters. The molecule has 0 aliphatic heterocycles. The van der Waals surface area contributed by atoms with Crippen LogP contribution in [0.3, 0.4) is 0 Å². The summed E-state index contributed by atoms with van der Waals surface area (Å²) in [4.78, 5) is 23.4. The van der Waals surface area contributed by atoms with E-state index < -0.39 is 0 Å².